The van der Waals surface area contributed by atoms with Crippen molar-refractivity contribution in [3.05, 3.63) is 47.5 Å². The highest BCUT2D eigenvalue weighted by molar-refractivity contribution is 5.92. The van der Waals surface area contributed by atoms with Crippen molar-refractivity contribution in [1.29, 1.82) is 0 Å². The molecular formula is C25H28O4. The topological polar surface area (TPSA) is 52.6 Å². The summed E-state index contributed by atoms with van der Waals surface area (Å²) in [5, 5.41) is 0. The molecule has 1 aromatic rings. The second kappa shape index (κ2) is 6.04. The summed E-state index contributed by atoms with van der Waals surface area (Å²) in [6, 6.07) is 9.28. The molecule has 6 rings (SSSR count). The van der Waals surface area contributed by atoms with Crippen LogP contribution < -0.4 is 0 Å². The molecule has 1 saturated heterocycles. The van der Waals surface area contributed by atoms with E-state index in [1.54, 1.807) is 0 Å². The summed E-state index contributed by atoms with van der Waals surface area (Å²) in [7, 11) is 0. The van der Waals surface area contributed by atoms with Crippen LogP contribution in [0.5, 0.6) is 0 Å². The van der Waals surface area contributed by atoms with Gasteiger partial charge in [-0.15, -0.1) is 0 Å². The summed E-state index contributed by atoms with van der Waals surface area (Å²) < 4.78 is 12.3. The van der Waals surface area contributed by atoms with Crippen LogP contribution in [-0.4, -0.2) is 30.6 Å². The maximum atomic E-state index is 13.5. The fraction of sp³-hybridized carbons (Fsp3) is 0.600. The van der Waals surface area contributed by atoms with Gasteiger partial charge in [0, 0.05) is 29.1 Å². The van der Waals surface area contributed by atoms with Crippen LogP contribution in [0.1, 0.15) is 55.8 Å². The van der Waals surface area contributed by atoms with Gasteiger partial charge in [0.1, 0.15) is 11.9 Å². The van der Waals surface area contributed by atoms with E-state index in [4.69, 9.17) is 9.47 Å². The second-order valence-corrected chi connectivity index (χ2v) is 10.3. The molecule has 4 nitrogen and oxygen atoms in total. The van der Waals surface area contributed by atoms with Crippen LogP contribution in [0.15, 0.2) is 42.0 Å². The van der Waals surface area contributed by atoms with Gasteiger partial charge in [0.25, 0.3) is 0 Å². The summed E-state index contributed by atoms with van der Waals surface area (Å²) in [5.41, 5.74) is 1.45. The standard InChI is InChI=1S/C25H28O4/c1-24-9-5-6-15(12-24)10-20(26)25-13-17(25)11-19-18(14-28-19)21(25)22(24)29-23(27)16-7-3-2-4-8-16/h2-4,6-8,17-19,21-22H,5,9-14H2,1H3. The zero-order valence-corrected chi connectivity index (χ0v) is 16.9. The molecule has 1 heterocycles. The van der Waals surface area contributed by atoms with Crippen LogP contribution in [0.2, 0.25) is 0 Å². The van der Waals surface area contributed by atoms with E-state index in [0.717, 1.165) is 32.1 Å². The number of carbonyl (C=O) groups is 2. The molecule has 2 bridgehead atoms. The van der Waals surface area contributed by atoms with E-state index in [1.165, 1.54) is 5.57 Å². The highest BCUT2D eigenvalue weighted by Gasteiger charge is 2.74. The largest absolute Gasteiger partial charge is 0.458 e. The van der Waals surface area contributed by atoms with Crippen LogP contribution in [0, 0.1) is 28.6 Å². The van der Waals surface area contributed by atoms with Gasteiger partial charge in [-0.3, -0.25) is 4.79 Å². The van der Waals surface area contributed by atoms with Crippen molar-refractivity contribution in [3.63, 3.8) is 0 Å². The molecular weight excluding hydrogens is 364 g/mol. The normalized spacial score (nSPS) is 44.7. The first-order valence-corrected chi connectivity index (χ1v) is 11.1. The molecule has 1 aliphatic heterocycles. The highest BCUT2D eigenvalue weighted by Crippen LogP contribution is 2.72. The van der Waals surface area contributed by atoms with E-state index < -0.39 is 0 Å². The summed E-state index contributed by atoms with van der Waals surface area (Å²) >= 11 is 0. The van der Waals surface area contributed by atoms with Crippen molar-refractivity contribution in [3.8, 4) is 0 Å². The lowest BCUT2D eigenvalue weighted by Gasteiger charge is -2.56. The Hall–Kier alpha value is -1.94. The number of benzene rings is 1. The monoisotopic (exact) mass is 392 g/mol. The van der Waals surface area contributed by atoms with Crippen molar-refractivity contribution in [1.82, 2.24) is 0 Å². The quantitative estimate of drug-likeness (QED) is 0.555. The Kier molecular flexibility index (Phi) is 3.72. The van der Waals surface area contributed by atoms with Gasteiger partial charge in [0.15, 0.2) is 0 Å². The molecule has 3 saturated carbocycles. The number of hydrogen-bond acceptors (Lipinski definition) is 4. The number of ketones is 1. The third kappa shape index (κ3) is 2.48. The molecule has 0 amide bonds. The minimum absolute atomic E-state index is 0.102. The molecule has 0 N–H and O–H groups in total. The molecule has 7 unspecified atom stereocenters. The first kappa shape index (κ1) is 17.9. The Bertz CT molecular complexity index is 905. The van der Waals surface area contributed by atoms with Gasteiger partial charge in [-0.2, -0.15) is 0 Å². The smallest absolute Gasteiger partial charge is 0.338 e. The predicted octanol–water partition coefficient (Wildman–Crippen LogP) is 4.34. The Morgan fingerprint density at radius 2 is 2.07 bits per heavy atom. The zero-order chi connectivity index (χ0) is 19.8. The van der Waals surface area contributed by atoms with Gasteiger partial charge in [0.2, 0.25) is 0 Å². The molecule has 0 aromatic heterocycles. The average molecular weight is 392 g/mol. The van der Waals surface area contributed by atoms with Crippen molar-refractivity contribution < 1.29 is 19.1 Å². The van der Waals surface area contributed by atoms with Crippen molar-refractivity contribution >= 4 is 11.8 Å². The molecule has 4 aliphatic carbocycles. The second-order valence-electron chi connectivity index (χ2n) is 10.3. The van der Waals surface area contributed by atoms with Crippen LogP contribution in [0.25, 0.3) is 0 Å². The molecule has 1 spiro atoms. The number of Topliss-reactive ketones (excluding diaryl/α,β-unsaturated/α-hetero) is 1. The maximum Gasteiger partial charge on any atom is 0.338 e. The Labute approximate surface area is 171 Å². The molecule has 4 heteroatoms. The van der Waals surface area contributed by atoms with Crippen LogP contribution in [0.3, 0.4) is 0 Å². The summed E-state index contributed by atoms with van der Waals surface area (Å²) in [4.78, 5) is 26.7. The van der Waals surface area contributed by atoms with Gasteiger partial charge in [-0.05, 0) is 50.2 Å². The minimum Gasteiger partial charge on any atom is -0.458 e. The van der Waals surface area contributed by atoms with E-state index in [0.29, 0.717) is 36.2 Å². The molecule has 1 aromatic carbocycles. The average Bonchev–Trinajstić information content (AvgIpc) is 3.43. The van der Waals surface area contributed by atoms with Gasteiger partial charge in [-0.25, -0.2) is 4.79 Å². The molecule has 4 fully saturated rings. The number of fused-ring (bicyclic) bond motifs is 4. The Balaban J connectivity index is 1.44. The predicted molar refractivity (Wildman–Crippen MR) is 107 cm³/mol. The lowest BCUT2D eigenvalue weighted by Crippen LogP contribution is -2.61. The molecule has 7 atom stereocenters. The third-order valence-corrected chi connectivity index (χ3v) is 8.65. The molecule has 5 aliphatic rings. The zero-order valence-electron chi connectivity index (χ0n) is 16.9. The van der Waals surface area contributed by atoms with E-state index in [2.05, 4.69) is 13.0 Å². The summed E-state index contributed by atoms with van der Waals surface area (Å²) in [6.07, 6.45) is 7.66. The van der Waals surface area contributed by atoms with Gasteiger partial charge in [-0.1, -0.05) is 36.8 Å². The summed E-state index contributed by atoms with van der Waals surface area (Å²) in [5.74, 6) is 0.993. The number of carbonyl (C=O) groups excluding carboxylic acids is 2. The fourth-order valence-corrected chi connectivity index (χ4v) is 7.10. The number of esters is 1. The van der Waals surface area contributed by atoms with Crippen molar-refractivity contribution in [2.45, 2.75) is 57.7 Å². The van der Waals surface area contributed by atoms with Gasteiger partial charge >= 0.3 is 5.97 Å². The minimum atomic E-state index is -0.287. The first-order valence-electron chi connectivity index (χ1n) is 11.1. The van der Waals surface area contributed by atoms with Crippen LogP contribution >= 0.6 is 0 Å². The fourth-order valence-electron chi connectivity index (χ4n) is 7.10. The van der Waals surface area contributed by atoms with Crippen LogP contribution in [-0.2, 0) is 14.3 Å². The molecule has 152 valence electrons. The Morgan fingerprint density at radius 3 is 2.83 bits per heavy atom. The van der Waals surface area contributed by atoms with Crippen molar-refractivity contribution in [2.24, 2.45) is 28.6 Å². The lowest BCUT2D eigenvalue weighted by molar-refractivity contribution is -0.210. The molecule has 0 radical (unpaired) electrons. The van der Waals surface area contributed by atoms with Crippen LogP contribution in [0.4, 0.5) is 0 Å². The Morgan fingerprint density at radius 1 is 1.24 bits per heavy atom. The highest BCUT2D eigenvalue weighted by atomic mass is 16.5. The lowest BCUT2D eigenvalue weighted by atomic mass is 9.54. The van der Waals surface area contributed by atoms with E-state index in [9.17, 15) is 9.59 Å². The van der Waals surface area contributed by atoms with Gasteiger partial charge < -0.3 is 9.47 Å². The van der Waals surface area contributed by atoms with E-state index >= 15 is 0 Å². The number of hydrogen-bond donors (Lipinski definition) is 0. The summed E-state index contributed by atoms with van der Waals surface area (Å²) in [6.45, 7) is 2.99. The maximum absolute atomic E-state index is 13.5. The number of ether oxygens (including phenoxy) is 2. The van der Waals surface area contributed by atoms with Crippen molar-refractivity contribution in [2.75, 3.05) is 6.61 Å². The first-order chi connectivity index (χ1) is 14.0. The number of rotatable bonds is 2. The van der Waals surface area contributed by atoms with E-state index in [1.807, 2.05) is 30.3 Å². The SMILES string of the molecule is CC12CCC=C(CC(=O)C34CC3CC3OCC3C4C1OC(=O)c1ccccc1)C2. The van der Waals surface area contributed by atoms with E-state index in [-0.39, 0.29) is 34.9 Å². The molecule has 29 heavy (non-hydrogen) atoms. The van der Waals surface area contributed by atoms with Gasteiger partial charge in [0.05, 0.1) is 18.3 Å². The third-order valence-electron chi connectivity index (χ3n) is 8.65. The number of allylic oxidation sites excluding steroid dienone is 2.